The van der Waals surface area contributed by atoms with Crippen molar-refractivity contribution in [3.63, 3.8) is 0 Å². The van der Waals surface area contributed by atoms with Crippen molar-refractivity contribution in [2.24, 2.45) is 0 Å². The van der Waals surface area contributed by atoms with Gasteiger partial charge in [0, 0.05) is 23.5 Å². The third-order valence-electron chi connectivity index (χ3n) is 3.77. The summed E-state index contributed by atoms with van der Waals surface area (Å²) in [7, 11) is 0. The summed E-state index contributed by atoms with van der Waals surface area (Å²) in [4.78, 5) is 30.0. The second kappa shape index (κ2) is 8.59. The van der Waals surface area contributed by atoms with Crippen LogP contribution < -0.4 is 4.90 Å². The van der Waals surface area contributed by atoms with Crippen LogP contribution in [0.5, 0.6) is 0 Å². The molecule has 0 radical (unpaired) electrons. The minimum atomic E-state index is -0.365. The maximum atomic E-state index is 13.1. The molecule has 0 fully saturated rings. The number of ketones is 1. The minimum Gasteiger partial charge on any atom is -0.312 e. The fourth-order valence-corrected chi connectivity index (χ4v) is 3.34. The van der Waals surface area contributed by atoms with E-state index in [1.807, 2.05) is 13.0 Å². The number of aromatic nitrogens is 1. The largest absolute Gasteiger partial charge is 0.312 e. The first-order chi connectivity index (χ1) is 12.4. The predicted octanol–water partition coefficient (Wildman–Crippen LogP) is 3.75. The van der Waals surface area contributed by atoms with Gasteiger partial charge in [0.15, 0.2) is 5.78 Å². The van der Waals surface area contributed by atoms with Crippen LogP contribution >= 0.6 is 11.8 Å². The van der Waals surface area contributed by atoms with E-state index in [9.17, 15) is 19.2 Å². The van der Waals surface area contributed by atoms with Crippen LogP contribution in [-0.4, -0.2) is 29.0 Å². The molecule has 0 aliphatic rings. The summed E-state index contributed by atoms with van der Waals surface area (Å²) < 4.78 is 13.1. The molecule has 0 aliphatic heterocycles. The Morgan fingerprint density at radius 2 is 1.96 bits per heavy atom. The smallest absolute Gasteiger partial charge is 0.237 e. The summed E-state index contributed by atoms with van der Waals surface area (Å²) in [6, 6.07) is 9.23. The molecule has 7 heteroatoms. The highest BCUT2D eigenvalue weighted by Gasteiger charge is 2.17. The van der Waals surface area contributed by atoms with E-state index in [4.69, 9.17) is 0 Å². The highest BCUT2D eigenvalue weighted by atomic mass is 32.2. The van der Waals surface area contributed by atoms with E-state index in [2.05, 4.69) is 4.98 Å². The highest BCUT2D eigenvalue weighted by molar-refractivity contribution is 8.00. The number of aryl methyl sites for hydroxylation is 1. The Morgan fingerprint density at radius 1 is 1.31 bits per heavy atom. The van der Waals surface area contributed by atoms with Crippen LogP contribution in [0.2, 0.25) is 0 Å². The van der Waals surface area contributed by atoms with E-state index in [1.165, 1.54) is 30.0 Å². The van der Waals surface area contributed by atoms with Gasteiger partial charge < -0.3 is 4.90 Å². The number of carbonyl (C=O) groups is 2. The molecule has 0 bridgehead atoms. The van der Waals surface area contributed by atoms with Crippen molar-refractivity contribution in [2.75, 3.05) is 17.2 Å². The van der Waals surface area contributed by atoms with Gasteiger partial charge in [0.05, 0.1) is 11.3 Å². The van der Waals surface area contributed by atoms with E-state index in [0.717, 1.165) is 11.8 Å². The topological polar surface area (TPSA) is 74.1 Å². The van der Waals surface area contributed by atoms with Crippen LogP contribution in [0.4, 0.5) is 10.1 Å². The van der Waals surface area contributed by atoms with Crippen molar-refractivity contribution in [2.45, 2.75) is 25.8 Å². The van der Waals surface area contributed by atoms with Gasteiger partial charge in [-0.15, -0.1) is 0 Å². The molecule has 1 aromatic heterocycles. The van der Waals surface area contributed by atoms with Gasteiger partial charge in [-0.1, -0.05) is 11.8 Å². The van der Waals surface area contributed by atoms with Crippen molar-refractivity contribution in [1.82, 2.24) is 4.98 Å². The fraction of sp³-hybridized carbons (Fsp3) is 0.263. The molecule has 0 saturated heterocycles. The number of Topliss-reactive ketones (excluding diaryl/α,β-unsaturated/α-hetero) is 1. The van der Waals surface area contributed by atoms with Gasteiger partial charge in [0.1, 0.15) is 16.9 Å². The number of anilines is 1. The molecule has 1 amide bonds. The van der Waals surface area contributed by atoms with E-state index in [0.29, 0.717) is 28.5 Å². The third kappa shape index (κ3) is 4.46. The highest BCUT2D eigenvalue weighted by Crippen LogP contribution is 2.24. The zero-order valence-corrected chi connectivity index (χ0v) is 15.6. The zero-order chi connectivity index (χ0) is 19.3. The number of nitriles is 1. The van der Waals surface area contributed by atoms with E-state index in [1.54, 1.807) is 19.1 Å². The summed E-state index contributed by atoms with van der Waals surface area (Å²) in [5.41, 5.74) is 1.80. The van der Waals surface area contributed by atoms with Gasteiger partial charge >= 0.3 is 0 Å². The fourth-order valence-electron chi connectivity index (χ4n) is 2.46. The average Bonchev–Trinajstić information content (AvgIpc) is 2.61. The number of carbonyl (C=O) groups excluding carboxylic acids is 2. The van der Waals surface area contributed by atoms with Gasteiger partial charge in [0.2, 0.25) is 5.91 Å². The molecular formula is C19H18FN3O2S. The molecular weight excluding hydrogens is 353 g/mol. The molecule has 0 spiro atoms. The number of nitrogens with zero attached hydrogens (tertiary/aromatic N) is 3. The van der Waals surface area contributed by atoms with Gasteiger partial charge in [-0.25, -0.2) is 9.37 Å². The number of hydrogen-bond acceptors (Lipinski definition) is 5. The molecule has 0 atom stereocenters. The summed E-state index contributed by atoms with van der Waals surface area (Å²) in [5, 5.41) is 9.71. The Bertz CT molecular complexity index is 876. The molecule has 5 nitrogen and oxygen atoms in total. The maximum absolute atomic E-state index is 13.1. The van der Waals surface area contributed by atoms with Crippen molar-refractivity contribution < 1.29 is 14.0 Å². The second-order valence-electron chi connectivity index (χ2n) is 5.55. The lowest BCUT2D eigenvalue weighted by Gasteiger charge is -2.21. The van der Waals surface area contributed by atoms with E-state index < -0.39 is 0 Å². The van der Waals surface area contributed by atoms with Gasteiger partial charge in [-0.3, -0.25) is 9.59 Å². The third-order valence-corrected chi connectivity index (χ3v) is 4.74. The first kappa shape index (κ1) is 19.6. The summed E-state index contributed by atoms with van der Waals surface area (Å²) in [6.07, 6.45) is 0. The van der Waals surface area contributed by atoms with Crippen LogP contribution in [0.15, 0.2) is 35.4 Å². The predicted molar refractivity (Wildman–Crippen MR) is 98.8 cm³/mol. The molecule has 26 heavy (non-hydrogen) atoms. The first-order valence-corrected chi connectivity index (χ1v) is 8.97. The van der Waals surface area contributed by atoms with Crippen LogP contribution in [0.1, 0.15) is 35.5 Å². The Labute approximate surface area is 155 Å². The lowest BCUT2D eigenvalue weighted by Crippen LogP contribution is -2.32. The number of hydrogen-bond donors (Lipinski definition) is 0. The molecule has 0 aliphatic carbocycles. The number of thioether (sulfide) groups is 1. The number of rotatable bonds is 6. The summed E-state index contributed by atoms with van der Waals surface area (Å²) >= 11 is 1.15. The van der Waals surface area contributed by atoms with Crippen LogP contribution in [0.3, 0.4) is 0 Å². The Hall–Kier alpha value is -2.72. The minimum absolute atomic E-state index is 0.0752. The summed E-state index contributed by atoms with van der Waals surface area (Å²) in [6.45, 7) is 5.38. The lowest BCUT2D eigenvalue weighted by atomic mass is 10.1. The molecule has 0 saturated carbocycles. The standard InChI is InChI=1S/C19H18FN3O2S/c1-4-23(16-7-5-15(20)6-8-16)18(25)11-26-19-14(10-21)9-17(13(3)24)12(2)22-19/h5-9H,4,11H2,1-3H3. The summed E-state index contributed by atoms with van der Waals surface area (Å²) in [5.74, 6) is -0.627. The Kier molecular flexibility index (Phi) is 6.47. The van der Waals surface area contributed by atoms with E-state index in [-0.39, 0.29) is 28.8 Å². The number of amides is 1. The normalized spacial score (nSPS) is 10.3. The van der Waals surface area contributed by atoms with Crippen molar-refractivity contribution >= 4 is 29.1 Å². The molecule has 1 aromatic carbocycles. The van der Waals surface area contributed by atoms with Crippen LogP contribution in [-0.2, 0) is 4.79 Å². The lowest BCUT2D eigenvalue weighted by molar-refractivity contribution is -0.116. The average molecular weight is 371 g/mol. The van der Waals surface area contributed by atoms with Gasteiger partial charge in [0.25, 0.3) is 0 Å². The van der Waals surface area contributed by atoms with Crippen molar-refractivity contribution in [3.05, 3.63) is 53.0 Å². The van der Waals surface area contributed by atoms with Gasteiger partial charge in [-0.2, -0.15) is 5.26 Å². The van der Waals surface area contributed by atoms with Crippen LogP contribution in [0.25, 0.3) is 0 Å². The molecule has 0 N–H and O–H groups in total. The quantitative estimate of drug-likeness (QED) is 0.571. The number of halogens is 1. The Balaban J connectivity index is 2.18. The van der Waals surface area contributed by atoms with Crippen molar-refractivity contribution in [3.8, 4) is 6.07 Å². The number of benzene rings is 1. The molecule has 0 unspecified atom stereocenters. The van der Waals surface area contributed by atoms with Gasteiger partial charge in [-0.05, 0) is 51.1 Å². The maximum Gasteiger partial charge on any atom is 0.237 e. The van der Waals surface area contributed by atoms with Crippen molar-refractivity contribution in [1.29, 1.82) is 5.26 Å². The number of pyridine rings is 1. The second-order valence-corrected chi connectivity index (χ2v) is 6.51. The first-order valence-electron chi connectivity index (χ1n) is 7.98. The SMILES string of the molecule is CCN(C(=O)CSc1nc(C)c(C(C)=O)cc1C#N)c1ccc(F)cc1. The Morgan fingerprint density at radius 3 is 2.50 bits per heavy atom. The monoisotopic (exact) mass is 371 g/mol. The zero-order valence-electron chi connectivity index (χ0n) is 14.7. The molecule has 134 valence electrons. The van der Waals surface area contributed by atoms with Crippen LogP contribution in [0, 0.1) is 24.1 Å². The van der Waals surface area contributed by atoms with E-state index >= 15 is 0 Å². The molecule has 1 heterocycles. The molecule has 2 aromatic rings. The molecule has 2 rings (SSSR count).